The summed E-state index contributed by atoms with van der Waals surface area (Å²) in [6, 6.07) is 5.58. The van der Waals surface area contributed by atoms with Crippen molar-refractivity contribution in [3.8, 4) is 0 Å². The van der Waals surface area contributed by atoms with Crippen LogP contribution < -0.4 is 0 Å². The first-order valence-electron chi connectivity index (χ1n) is 6.75. The van der Waals surface area contributed by atoms with Crippen molar-refractivity contribution in [1.82, 2.24) is 14.8 Å². The highest BCUT2D eigenvalue weighted by molar-refractivity contribution is 5.96. The Kier molecular flexibility index (Phi) is 4.42. The molecule has 7 nitrogen and oxygen atoms in total. The minimum Gasteiger partial charge on any atom is -0.292 e. The van der Waals surface area contributed by atoms with E-state index in [-0.39, 0.29) is 18.0 Å². The smallest absolute Gasteiger partial charge is 0.269 e. The average molecular weight is 288 g/mol. The number of nitro groups is 1. The van der Waals surface area contributed by atoms with Crippen LogP contribution in [0, 0.1) is 10.1 Å². The van der Waals surface area contributed by atoms with Crippen molar-refractivity contribution in [2.24, 2.45) is 0 Å². The SMILES string of the molecule is CCc1nc(CC)n(CC(=O)c2ccc([N+](=O)[O-])cc2)n1. The first-order chi connectivity index (χ1) is 10.0. The lowest BCUT2D eigenvalue weighted by Crippen LogP contribution is -2.14. The van der Waals surface area contributed by atoms with Gasteiger partial charge in [-0.1, -0.05) is 13.8 Å². The van der Waals surface area contributed by atoms with Gasteiger partial charge in [0, 0.05) is 30.5 Å². The number of nitrogens with zero attached hydrogens (tertiary/aromatic N) is 4. The molecule has 0 atom stereocenters. The molecule has 0 N–H and O–H groups in total. The van der Waals surface area contributed by atoms with Gasteiger partial charge < -0.3 is 0 Å². The maximum atomic E-state index is 12.2. The maximum Gasteiger partial charge on any atom is 0.269 e. The van der Waals surface area contributed by atoms with Gasteiger partial charge in [-0.25, -0.2) is 9.67 Å². The summed E-state index contributed by atoms with van der Waals surface area (Å²) in [6.45, 7) is 4.00. The van der Waals surface area contributed by atoms with E-state index in [2.05, 4.69) is 10.1 Å². The molecule has 0 amide bonds. The molecule has 0 bridgehead atoms. The van der Waals surface area contributed by atoms with Crippen molar-refractivity contribution in [1.29, 1.82) is 0 Å². The second-order valence-corrected chi connectivity index (χ2v) is 4.54. The largest absolute Gasteiger partial charge is 0.292 e. The molecule has 0 fully saturated rings. The van der Waals surface area contributed by atoms with Crippen LogP contribution in [0.1, 0.15) is 35.9 Å². The fraction of sp³-hybridized carbons (Fsp3) is 0.357. The van der Waals surface area contributed by atoms with Gasteiger partial charge in [0.1, 0.15) is 12.4 Å². The van der Waals surface area contributed by atoms with E-state index in [0.29, 0.717) is 24.2 Å². The number of Topliss-reactive ketones (excluding diaryl/α,β-unsaturated/α-hetero) is 1. The molecule has 0 aliphatic rings. The van der Waals surface area contributed by atoms with Crippen LogP contribution in [0.25, 0.3) is 0 Å². The standard InChI is InChI=1S/C14H16N4O3/c1-3-13-15-14(4-2)17(16-13)9-12(19)10-5-7-11(8-6-10)18(20)21/h5-8H,3-4,9H2,1-2H3. The van der Waals surface area contributed by atoms with Crippen molar-refractivity contribution >= 4 is 11.5 Å². The molecule has 0 aliphatic carbocycles. The van der Waals surface area contributed by atoms with Crippen LogP contribution >= 0.6 is 0 Å². The number of hydrogen-bond acceptors (Lipinski definition) is 5. The summed E-state index contributed by atoms with van der Waals surface area (Å²) in [5, 5.41) is 14.9. The predicted octanol–water partition coefficient (Wildman–Crippen LogP) is 2.19. The lowest BCUT2D eigenvalue weighted by atomic mass is 10.1. The highest BCUT2D eigenvalue weighted by Gasteiger charge is 2.14. The summed E-state index contributed by atoms with van der Waals surface area (Å²) < 4.78 is 1.60. The Bertz CT molecular complexity index is 661. The Hall–Kier alpha value is -2.57. The van der Waals surface area contributed by atoms with Crippen LogP contribution in [0.3, 0.4) is 0 Å². The number of non-ortho nitro benzene ring substituents is 1. The number of rotatable bonds is 6. The number of nitro benzene ring substituents is 1. The molecule has 0 radical (unpaired) electrons. The highest BCUT2D eigenvalue weighted by atomic mass is 16.6. The Morgan fingerprint density at radius 2 is 1.90 bits per heavy atom. The van der Waals surface area contributed by atoms with E-state index < -0.39 is 4.92 Å². The molecule has 21 heavy (non-hydrogen) atoms. The van der Waals surface area contributed by atoms with Crippen LogP contribution in [0.15, 0.2) is 24.3 Å². The summed E-state index contributed by atoms with van der Waals surface area (Å²) in [6.07, 6.45) is 1.41. The van der Waals surface area contributed by atoms with Gasteiger partial charge >= 0.3 is 0 Å². The maximum absolute atomic E-state index is 12.2. The van der Waals surface area contributed by atoms with Gasteiger partial charge in [0.2, 0.25) is 0 Å². The minimum atomic E-state index is -0.492. The van der Waals surface area contributed by atoms with Gasteiger partial charge in [-0.15, -0.1) is 0 Å². The van der Waals surface area contributed by atoms with Crippen LogP contribution in [0.2, 0.25) is 0 Å². The van der Waals surface area contributed by atoms with E-state index in [9.17, 15) is 14.9 Å². The normalized spacial score (nSPS) is 10.6. The number of ketones is 1. The molecule has 0 spiro atoms. The van der Waals surface area contributed by atoms with Crippen LogP contribution in [0.4, 0.5) is 5.69 Å². The van der Waals surface area contributed by atoms with Crippen molar-refractivity contribution in [2.45, 2.75) is 33.2 Å². The van der Waals surface area contributed by atoms with E-state index in [4.69, 9.17) is 0 Å². The van der Waals surface area contributed by atoms with Gasteiger partial charge in [0.25, 0.3) is 5.69 Å². The Morgan fingerprint density at radius 1 is 1.24 bits per heavy atom. The summed E-state index contributed by atoms with van der Waals surface area (Å²) in [5.74, 6) is 1.33. The second-order valence-electron chi connectivity index (χ2n) is 4.54. The Labute approximate surface area is 121 Å². The monoisotopic (exact) mass is 288 g/mol. The molecule has 0 unspecified atom stereocenters. The topological polar surface area (TPSA) is 90.9 Å². The van der Waals surface area contributed by atoms with Gasteiger partial charge in [-0.2, -0.15) is 5.10 Å². The van der Waals surface area contributed by atoms with Crippen molar-refractivity contribution in [3.63, 3.8) is 0 Å². The third-order valence-corrected chi connectivity index (χ3v) is 3.12. The molecule has 0 saturated carbocycles. The summed E-state index contributed by atoms with van der Waals surface area (Å²) >= 11 is 0. The quantitative estimate of drug-likeness (QED) is 0.461. The highest BCUT2D eigenvalue weighted by Crippen LogP contribution is 2.13. The lowest BCUT2D eigenvalue weighted by Gasteiger charge is -2.04. The molecular weight excluding hydrogens is 272 g/mol. The van der Waals surface area contributed by atoms with E-state index in [1.54, 1.807) is 4.68 Å². The first kappa shape index (κ1) is 14.8. The lowest BCUT2D eigenvalue weighted by molar-refractivity contribution is -0.384. The Balaban J connectivity index is 2.17. The van der Waals surface area contributed by atoms with Gasteiger partial charge in [-0.05, 0) is 12.1 Å². The predicted molar refractivity (Wildman–Crippen MR) is 76.2 cm³/mol. The van der Waals surface area contributed by atoms with Crippen LogP contribution in [-0.4, -0.2) is 25.5 Å². The Morgan fingerprint density at radius 3 is 2.43 bits per heavy atom. The number of carbonyl (C=O) groups excluding carboxylic acids is 1. The molecule has 0 saturated heterocycles. The fourth-order valence-electron chi connectivity index (χ4n) is 1.96. The molecule has 2 rings (SSSR count). The molecule has 1 aromatic carbocycles. The second kappa shape index (κ2) is 6.25. The molecule has 110 valence electrons. The molecule has 1 aromatic heterocycles. The zero-order chi connectivity index (χ0) is 15.4. The molecule has 7 heteroatoms. The molecule has 1 heterocycles. The van der Waals surface area contributed by atoms with Crippen LogP contribution in [-0.2, 0) is 19.4 Å². The molecule has 0 aliphatic heterocycles. The number of aromatic nitrogens is 3. The van der Waals surface area contributed by atoms with Crippen LogP contribution in [0.5, 0.6) is 0 Å². The zero-order valence-corrected chi connectivity index (χ0v) is 11.9. The number of carbonyl (C=O) groups is 1. The summed E-state index contributed by atoms with van der Waals surface area (Å²) in [7, 11) is 0. The molecular formula is C14H16N4O3. The number of benzene rings is 1. The van der Waals surface area contributed by atoms with Gasteiger partial charge in [0.05, 0.1) is 4.92 Å². The van der Waals surface area contributed by atoms with E-state index in [1.165, 1.54) is 24.3 Å². The van der Waals surface area contributed by atoms with E-state index >= 15 is 0 Å². The fourth-order valence-corrected chi connectivity index (χ4v) is 1.96. The zero-order valence-electron chi connectivity index (χ0n) is 11.9. The molecule has 2 aromatic rings. The number of aryl methyl sites for hydroxylation is 2. The first-order valence-corrected chi connectivity index (χ1v) is 6.75. The third kappa shape index (κ3) is 3.31. The van der Waals surface area contributed by atoms with Crippen molar-refractivity contribution in [2.75, 3.05) is 0 Å². The third-order valence-electron chi connectivity index (χ3n) is 3.12. The average Bonchev–Trinajstić information content (AvgIpc) is 2.89. The van der Waals surface area contributed by atoms with E-state index in [0.717, 1.165) is 5.82 Å². The number of hydrogen-bond donors (Lipinski definition) is 0. The van der Waals surface area contributed by atoms with Crippen molar-refractivity contribution in [3.05, 3.63) is 51.6 Å². The van der Waals surface area contributed by atoms with E-state index in [1.807, 2.05) is 13.8 Å². The van der Waals surface area contributed by atoms with Gasteiger partial charge in [-0.3, -0.25) is 14.9 Å². The van der Waals surface area contributed by atoms with Crippen molar-refractivity contribution < 1.29 is 9.72 Å². The minimum absolute atomic E-state index is 0.0326. The summed E-state index contributed by atoms with van der Waals surface area (Å²) in [5.41, 5.74) is 0.394. The van der Waals surface area contributed by atoms with Gasteiger partial charge in [0.15, 0.2) is 11.6 Å². The summed E-state index contributed by atoms with van der Waals surface area (Å²) in [4.78, 5) is 26.6.